The fourth-order valence-corrected chi connectivity index (χ4v) is 8.34. The third-order valence-electron chi connectivity index (χ3n) is 10.0. The summed E-state index contributed by atoms with van der Waals surface area (Å²) in [5, 5.41) is 2.57. The highest BCUT2D eigenvalue weighted by atomic mass is 15.0. The molecule has 0 atom stereocenters. The van der Waals surface area contributed by atoms with Crippen molar-refractivity contribution in [3.05, 3.63) is 186 Å². The van der Waals surface area contributed by atoms with E-state index >= 15 is 0 Å². The van der Waals surface area contributed by atoms with Gasteiger partial charge in [0.05, 0.1) is 16.4 Å². The molecule has 204 valence electrons. The summed E-state index contributed by atoms with van der Waals surface area (Å²) >= 11 is 0. The van der Waals surface area contributed by atoms with Crippen molar-refractivity contribution in [2.75, 3.05) is 0 Å². The molecule has 0 unspecified atom stereocenters. The van der Waals surface area contributed by atoms with Crippen molar-refractivity contribution in [3.8, 4) is 39.1 Å². The molecule has 0 aliphatic heterocycles. The Labute approximate surface area is 256 Å². The van der Waals surface area contributed by atoms with Crippen LogP contribution in [0.25, 0.3) is 60.9 Å². The monoisotopic (exact) mass is 557 g/mol. The normalized spacial score (nSPS) is 13.6. The molecule has 1 heteroatoms. The lowest BCUT2D eigenvalue weighted by Crippen LogP contribution is -2.26. The van der Waals surface area contributed by atoms with Gasteiger partial charge in [0.2, 0.25) is 0 Å². The van der Waals surface area contributed by atoms with Crippen molar-refractivity contribution >= 4 is 21.8 Å². The molecular formula is C43H27N. The summed E-state index contributed by atoms with van der Waals surface area (Å²) in [6, 6.07) is 60.6. The Morgan fingerprint density at radius 2 is 0.886 bits per heavy atom. The van der Waals surface area contributed by atoms with E-state index in [-0.39, 0.29) is 0 Å². The highest BCUT2D eigenvalue weighted by molar-refractivity contribution is 6.14. The number of hydrogen-bond acceptors (Lipinski definition) is 0. The van der Waals surface area contributed by atoms with Crippen LogP contribution in [0.2, 0.25) is 0 Å². The second kappa shape index (κ2) is 8.69. The van der Waals surface area contributed by atoms with E-state index in [0.29, 0.717) is 0 Å². The second-order valence-corrected chi connectivity index (χ2v) is 12.0. The summed E-state index contributed by atoms with van der Waals surface area (Å²) in [4.78, 5) is 0. The molecule has 2 aliphatic rings. The number of aromatic nitrogens is 1. The first-order valence-electron chi connectivity index (χ1n) is 15.4. The summed E-state index contributed by atoms with van der Waals surface area (Å²) in [5.74, 6) is 0. The van der Waals surface area contributed by atoms with Gasteiger partial charge in [-0.3, -0.25) is 0 Å². The lowest BCUT2D eigenvalue weighted by atomic mass is 9.70. The van der Waals surface area contributed by atoms with Gasteiger partial charge >= 0.3 is 0 Å². The first-order chi connectivity index (χ1) is 21.9. The van der Waals surface area contributed by atoms with Crippen molar-refractivity contribution in [2.45, 2.75) is 5.41 Å². The minimum Gasteiger partial charge on any atom is -0.309 e. The molecule has 44 heavy (non-hydrogen) atoms. The van der Waals surface area contributed by atoms with Crippen LogP contribution in [0.4, 0.5) is 0 Å². The van der Waals surface area contributed by atoms with Gasteiger partial charge in [0.15, 0.2) is 0 Å². The van der Waals surface area contributed by atoms with Gasteiger partial charge in [-0.1, -0.05) is 146 Å². The molecule has 1 heterocycles. The fourth-order valence-electron chi connectivity index (χ4n) is 8.34. The standard InChI is InChI=1S/C43H27N/c1-2-12-28(13-3-1)29-22-24-30(25-23-29)44-40-21-11-7-17-34(40)36-27-26-35-33-16-6-10-20-39(33)43(41(35)42(36)44)37-18-8-4-14-31(37)32-15-5-9-19-38(32)43/h1-27H. The molecule has 0 N–H and O–H groups in total. The van der Waals surface area contributed by atoms with Gasteiger partial charge in [-0.25, -0.2) is 0 Å². The number of para-hydroxylation sites is 1. The quantitative estimate of drug-likeness (QED) is 0.199. The molecule has 7 aromatic carbocycles. The van der Waals surface area contributed by atoms with Crippen molar-refractivity contribution in [3.63, 3.8) is 0 Å². The van der Waals surface area contributed by atoms with E-state index in [1.54, 1.807) is 0 Å². The summed E-state index contributed by atoms with van der Waals surface area (Å²) in [6.07, 6.45) is 0. The van der Waals surface area contributed by atoms with E-state index in [0.717, 1.165) is 0 Å². The van der Waals surface area contributed by atoms with Crippen LogP contribution < -0.4 is 0 Å². The molecule has 1 nitrogen and oxygen atoms in total. The topological polar surface area (TPSA) is 4.93 Å². The molecule has 0 radical (unpaired) electrons. The summed E-state index contributed by atoms with van der Waals surface area (Å²) in [7, 11) is 0. The molecule has 0 saturated heterocycles. The van der Waals surface area contributed by atoms with E-state index < -0.39 is 5.41 Å². The predicted octanol–water partition coefficient (Wildman–Crippen LogP) is 10.8. The number of nitrogens with zero attached hydrogens (tertiary/aromatic N) is 1. The molecule has 0 bridgehead atoms. The number of hydrogen-bond donors (Lipinski definition) is 0. The molecule has 8 aromatic rings. The number of fused-ring (bicyclic) bond motifs is 14. The van der Waals surface area contributed by atoms with Crippen molar-refractivity contribution < 1.29 is 0 Å². The van der Waals surface area contributed by atoms with Crippen LogP contribution >= 0.6 is 0 Å². The Morgan fingerprint density at radius 1 is 0.364 bits per heavy atom. The molecule has 10 rings (SSSR count). The zero-order valence-electron chi connectivity index (χ0n) is 24.0. The van der Waals surface area contributed by atoms with Gasteiger partial charge in [-0.15, -0.1) is 0 Å². The van der Waals surface area contributed by atoms with Crippen molar-refractivity contribution in [1.29, 1.82) is 0 Å². The lowest BCUT2D eigenvalue weighted by Gasteiger charge is -2.31. The van der Waals surface area contributed by atoms with E-state index in [9.17, 15) is 0 Å². The Balaban J connectivity index is 1.38. The zero-order chi connectivity index (χ0) is 28.8. The van der Waals surface area contributed by atoms with Crippen molar-refractivity contribution in [1.82, 2.24) is 4.57 Å². The van der Waals surface area contributed by atoms with Gasteiger partial charge in [0, 0.05) is 22.0 Å². The highest BCUT2D eigenvalue weighted by Crippen LogP contribution is 2.64. The third kappa shape index (κ3) is 2.89. The predicted molar refractivity (Wildman–Crippen MR) is 183 cm³/mol. The maximum absolute atomic E-state index is 2.52. The van der Waals surface area contributed by atoms with E-state index in [1.807, 2.05) is 0 Å². The van der Waals surface area contributed by atoms with Crippen LogP contribution in [0.3, 0.4) is 0 Å². The lowest BCUT2D eigenvalue weighted by molar-refractivity contribution is 0.797. The minimum atomic E-state index is -0.408. The van der Waals surface area contributed by atoms with E-state index in [4.69, 9.17) is 0 Å². The molecular weight excluding hydrogens is 530 g/mol. The zero-order valence-corrected chi connectivity index (χ0v) is 24.0. The van der Waals surface area contributed by atoms with Crippen LogP contribution in [-0.2, 0) is 5.41 Å². The van der Waals surface area contributed by atoms with Gasteiger partial charge in [-0.2, -0.15) is 0 Å². The van der Waals surface area contributed by atoms with Crippen LogP contribution in [0.1, 0.15) is 22.3 Å². The number of rotatable bonds is 2. The van der Waals surface area contributed by atoms with Crippen LogP contribution in [-0.4, -0.2) is 4.57 Å². The average molecular weight is 558 g/mol. The first-order valence-corrected chi connectivity index (χ1v) is 15.4. The molecule has 1 spiro atoms. The van der Waals surface area contributed by atoms with Gasteiger partial charge in [0.1, 0.15) is 0 Å². The Kier molecular flexibility index (Phi) is 4.71. The van der Waals surface area contributed by atoms with Gasteiger partial charge in [-0.05, 0) is 68.3 Å². The van der Waals surface area contributed by atoms with Gasteiger partial charge < -0.3 is 4.57 Å². The maximum atomic E-state index is 2.52. The Hall–Kier alpha value is -5.66. The third-order valence-corrected chi connectivity index (χ3v) is 10.0. The number of benzene rings is 7. The summed E-state index contributed by atoms with van der Waals surface area (Å²) < 4.78 is 2.52. The largest absolute Gasteiger partial charge is 0.309 e. The second-order valence-electron chi connectivity index (χ2n) is 12.0. The van der Waals surface area contributed by atoms with Crippen molar-refractivity contribution in [2.24, 2.45) is 0 Å². The summed E-state index contributed by atoms with van der Waals surface area (Å²) in [5.41, 5.74) is 16.6. The van der Waals surface area contributed by atoms with Crippen LogP contribution in [0.5, 0.6) is 0 Å². The van der Waals surface area contributed by atoms with E-state index in [1.165, 1.54) is 83.1 Å². The molecule has 1 aromatic heterocycles. The smallest absolute Gasteiger partial charge is 0.0746 e. The summed E-state index contributed by atoms with van der Waals surface area (Å²) in [6.45, 7) is 0. The Morgan fingerprint density at radius 3 is 1.55 bits per heavy atom. The fraction of sp³-hybridized carbons (Fsp3) is 0.0233. The van der Waals surface area contributed by atoms with Crippen LogP contribution in [0.15, 0.2) is 164 Å². The maximum Gasteiger partial charge on any atom is 0.0746 e. The highest BCUT2D eigenvalue weighted by Gasteiger charge is 2.53. The average Bonchev–Trinajstić information content (AvgIpc) is 3.71. The molecule has 2 aliphatic carbocycles. The Bertz CT molecular complexity index is 2360. The van der Waals surface area contributed by atoms with E-state index in [2.05, 4.69) is 168 Å². The SMILES string of the molecule is c1ccc(-c2ccc(-n3c4ccccc4c4ccc5c(c43)C3(c4ccccc4-c4ccccc43)c3ccccc3-5)cc2)cc1. The molecule has 0 saturated carbocycles. The molecule has 0 amide bonds. The van der Waals surface area contributed by atoms with Gasteiger partial charge in [0.25, 0.3) is 0 Å². The van der Waals surface area contributed by atoms with Crippen LogP contribution in [0, 0.1) is 0 Å². The first kappa shape index (κ1) is 23.9. The minimum absolute atomic E-state index is 0.408. The molecule has 0 fully saturated rings.